The maximum Gasteiger partial charge on any atom is 0.296 e. The molecule has 0 radical (unpaired) electrons. The Morgan fingerprint density at radius 3 is 2.69 bits per heavy atom. The van der Waals surface area contributed by atoms with Crippen LogP contribution in [0.15, 0.2) is 74.7 Å². The number of hydrogen-bond acceptors (Lipinski definition) is 10. The molecule has 200 valence electrons. The summed E-state index contributed by atoms with van der Waals surface area (Å²) < 4.78 is 11.6. The van der Waals surface area contributed by atoms with E-state index in [1.165, 1.54) is 34.9 Å². The highest BCUT2D eigenvalue weighted by Crippen LogP contribution is 2.45. The Morgan fingerprint density at radius 1 is 1.18 bits per heavy atom. The number of anilines is 1. The number of furan rings is 1. The second kappa shape index (κ2) is 11.1. The molecule has 0 spiro atoms. The van der Waals surface area contributed by atoms with E-state index in [4.69, 9.17) is 20.8 Å². The number of benzene rings is 2. The minimum atomic E-state index is -1.08. The van der Waals surface area contributed by atoms with Gasteiger partial charge in [0.1, 0.15) is 5.76 Å². The molecule has 12 heteroatoms. The molecule has 39 heavy (non-hydrogen) atoms. The zero-order chi connectivity index (χ0) is 27.7. The van der Waals surface area contributed by atoms with Crippen molar-refractivity contribution in [3.05, 3.63) is 93.6 Å². The van der Waals surface area contributed by atoms with Crippen molar-refractivity contribution in [3.8, 4) is 11.5 Å². The lowest BCUT2D eigenvalue weighted by molar-refractivity contribution is -0.117. The molecule has 0 saturated heterocycles. The Labute approximate surface area is 236 Å². The first-order valence-corrected chi connectivity index (χ1v) is 14.0. The third-order valence-corrected chi connectivity index (χ3v) is 8.40. The Morgan fingerprint density at radius 2 is 1.97 bits per heavy atom. The van der Waals surface area contributed by atoms with Crippen LogP contribution in [0.4, 0.5) is 5.13 Å². The van der Waals surface area contributed by atoms with Gasteiger partial charge in [0.25, 0.3) is 5.91 Å². The standard InChI is InChI=1S/C27H22ClN3O6S2/c1-3-36-20-12-15(9-10-18(20)32)22-21(23(33)19-11-8-14(2)37-19)24(34)25(35)31(22)26-29-30-27(39-26)38-13-16-6-4-5-7-17(16)28/h4-12,22,32,34H,3,13H2,1-2H3. The number of phenolic OH excluding ortho intramolecular Hbond substituents is 1. The predicted octanol–water partition coefficient (Wildman–Crippen LogP) is 6.27. The quantitative estimate of drug-likeness (QED) is 0.133. The van der Waals surface area contributed by atoms with Crippen LogP contribution >= 0.6 is 34.7 Å². The van der Waals surface area contributed by atoms with E-state index in [1.807, 2.05) is 18.2 Å². The van der Waals surface area contributed by atoms with E-state index in [-0.39, 0.29) is 34.6 Å². The number of ether oxygens (including phenoxy) is 1. The maximum absolute atomic E-state index is 13.5. The zero-order valence-corrected chi connectivity index (χ0v) is 23.1. The van der Waals surface area contributed by atoms with Crippen LogP contribution in [0, 0.1) is 6.92 Å². The number of carbonyl (C=O) groups is 2. The molecule has 0 aliphatic carbocycles. The number of nitrogens with zero attached hydrogens (tertiary/aromatic N) is 3. The first-order valence-electron chi connectivity index (χ1n) is 11.8. The summed E-state index contributed by atoms with van der Waals surface area (Å²) in [5, 5.41) is 30.4. The summed E-state index contributed by atoms with van der Waals surface area (Å²) in [6, 6.07) is 14.0. The van der Waals surface area contributed by atoms with Crippen LogP contribution in [-0.2, 0) is 10.5 Å². The molecule has 1 amide bonds. The second-order valence-corrected chi connectivity index (χ2v) is 11.1. The van der Waals surface area contributed by atoms with Crippen LogP contribution in [0.25, 0.3) is 0 Å². The van der Waals surface area contributed by atoms with Gasteiger partial charge in [-0.3, -0.25) is 14.5 Å². The summed E-state index contributed by atoms with van der Waals surface area (Å²) in [5.74, 6) is -1.09. The van der Waals surface area contributed by atoms with Crippen molar-refractivity contribution < 1.29 is 29.0 Å². The number of thioether (sulfide) groups is 1. The smallest absolute Gasteiger partial charge is 0.296 e. The number of aliphatic hydroxyl groups is 1. The number of amides is 1. The number of hydrogen-bond donors (Lipinski definition) is 2. The number of halogens is 1. The maximum atomic E-state index is 13.5. The first kappa shape index (κ1) is 26.8. The molecular weight excluding hydrogens is 562 g/mol. The molecule has 1 unspecified atom stereocenters. The fourth-order valence-corrected chi connectivity index (χ4v) is 6.28. The van der Waals surface area contributed by atoms with Crippen LogP contribution in [-0.4, -0.2) is 38.7 Å². The average molecular weight is 584 g/mol. The highest BCUT2D eigenvalue weighted by Gasteiger charge is 2.47. The van der Waals surface area contributed by atoms with Gasteiger partial charge in [-0.25, -0.2) is 0 Å². The largest absolute Gasteiger partial charge is 0.504 e. The Hall–Kier alpha value is -3.80. The predicted molar refractivity (Wildman–Crippen MR) is 148 cm³/mol. The lowest BCUT2D eigenvalue weighted by atomic mass is 9.95. The van der Waals surface area contributed by atoms with E-state index in [0.29, 0.717) is 26.4 Å². The number of rotatable bonds is 9. The average Bonchev–Trinajstić information content (AvgIpc) is 3.63. The molecule has 4 aromatic rings. The lowest BCUT2D eigenvalue weighted by Gasteiger charge is -2.24. The number of Topliss-reactive ketones (excluding diaryl/α,β-unsaturated/α-hetero) is 1. The molecule has 2 aromatic carbocycles. The summed E-state index contributed by atoms with van der Waals surface area (Å²) >= 11 is 8.80. The Bertz CT molecular complexity index is 1600. The summed E-state index contributed by atoms with van der Waals surface area (Å²) in [6.45, 7) is 3.73. The highest BCUT2D eigenvalue weighted by molar-refractivity contribution is 8.00. The van der Waals surface area contributed by atoms with Gasteiger partial charge in [-0.1, -0.05) is 59.0 Å². The number of phenols is 1. The summed E-state index contributed by atoms with van der Waals surface area (Å²) in [7, 11) is 0. The first-order chi connectivity index (χ1) is 18.8. The van der Waals surface area contributed by atoms with Gasteiger partial charge in [0.15, 0.2) is 27.4 Å². The summed E-state index contributed by atoms with van der Waals surface area (Å²) in [6.07, 6.45) is 0. The van der Waals surface area contributed by atoms with Crippen molar-refractivity contribution in [1.29, 1.82) is 0 Å². The van der Waals surface area contributed by atoms with E-state index < -0.39 is 23.5 Å². The van der Waals surface area contributed by atoms with Crippen molar-refractivity contribution in [2.75, 3.05) is 11.5 Å². The number of aryl methyl sites for hydroxylation is 1. The topological polar surface area (TPSA) is 126 Å². The monoisotopic (exact) mass is 583 g/mol. The van der Waals surface area contributed by atoms with Gasteiger partial charge in [0, 0.05) is 10.8 Å². The molecule has 3 heterocycles. The van der Waals surface area contributed by atoms with Crippen LogP contribution < -0.4 is 9.64 Å². The van der Waals surface area contributed by atoms with Gasteiger partial charge in [0.2, 0.25) is 10.9 Å². The summed E-state index contributed by atoms with van der Waals surface area (Å²) in [4.78, 5) is 28.2. The van der Waals surface area contributed by atoms with Crippen LogP contribution in [0.1, 0.15) is 40.4 Å². The van der Waals surface area contributed by atoms with Gasteiger partial charge in [-0.2, -0.15) is 0 Å². The zero-order valence-electron chi connectivity index (χ0n) is 20.8. The summed E-state index contributed by atoms with van der Waals surface area (Å²) in [5.41, 5.74) is 1.16. The van der Waals surface area contributed by atoms with Crippen LogP contribution in [0.2, 0.25) is 5.02 Å². The van der Waals surface area contributed by atoms with Crippen molar-refractivity contribution in [2.45, 2.75) is 30.0 Å². The van der Waals surface area contributed by atoms with Gasteiger partial charge in [-0.05, 0) is 55.3 Å². The fraction of sp³-hybridized carbons (Fsp3) is 0.185. The number of aromatic nitrogens is 2. The van der Waals surface area contributed by atoms with Crippen molar-refractivity contribution in [2.24, 2.45) is 0 Å². The minimum absolute atomic E-state index is 0.0224. The van der Waals surface area contributed by atoms with Crippen LogP contribution in [0.3, 0.4) is 0 Å². The fourth-order valence-electron chi connectivity index (χ4n) is 4.12. The van der Waals surface area contributed by atoms with E-state index in [1.54, 1.807) is 32.0 Å². The van der Waals surface area contributed by atoms with E-state index in [0.717, 1.165) is 16.9 Å². The molecule has 0 fully saturated rings. The van der Waals surface area contributed by atoms with E-state index in [2.05, 4.69) is 10.2 Å². The van der Waals surface area contributed by atoms with Crippen molar-refractivity contribution in [3.63, 3.8) is 0 Å². The third-order valence-electron chi connectivity index (χ3n) is 5.93. The lowest BCUT2D eigenvalue weighted by Crippen LogP contribution is -2.31. The van der Waals surface area contributed by atoms with Crippen molar-refractivity contribution in [1.82, 2.24) is 10.2 Å². The molecule has 0 bridgehead atoms. The van der Waals surface area contributed by atoms with Gasteiger partial charge in [-0.15, -0.1) is 10.2 Å². The highest BCUT2D eigenvalue weighted by atomic mass is 35.5. The van der Waals surface area contributed by atoms with Gasteiger partial charge in [0.05, 0.1) is 18.2 Å². The van der Waals surface area contributed by atoms with Crippen LogP contribution in [0.5, 0.6) is 11.5 Å². The van der Waals surface area contributed by atoms with E-state index in [9.17, 15) is 19.8 Å². The molecule has 9 nitrogen and oxygen atoms in total. The molecule has 2 N–H and O–H groups in total. The normalized spacial score (nSPS) is 15.3. The molecular formula is C27H22ClN3O6S2. The number of carbonyl (C=O) groups excluding carboxylic acids is 2. The SMILES string of the molecule is CCOc1cc(C2C(C(=O)c3ccc(C)o3)=C(O)C(=O)N2c2nnc(SCc3ccccc3Cl)s2)ccc1O. The van der Waals surface area contributed by atoms with E-state index >= 15 is 0 Å². The molecule has 0 saturated carbocycles. The molecule has 1 aliphatic heterocycles. The second-order valence-electron chi connectivity index (χ2n) is 8.47. The molecule has 2 aromatic heterocycles. The molecule has 1 aliphatic rings. The molecule has 5 rings (SSSR count). The Balaban J connectivity index is 1.53. The Kier molecular flexibility index (Phi) is 7.65. The number of aromatic hydroxyl groups is 1. The van der Waals surface area contributed by atoms with Crippen molar-refractivity contribution >= 4 is 51.5 Å². The number of ketones is 1. The van der Waals surface area contributed by atoms with Gasteiger partial charge < -0.3 is 19.4 Å². The van der Waals surface area contributed by atoms with Gasteiger partial charge >= 0.3 is 0 Å². The third kappa shape index (κ3) is 5.25. The molecule has 1 atom stereocenters. The number of aliphatic hydroxyl groups excluding tert-OH is 1. The minimum Gasteiger partial charge on any atom is -0.504 e.